The zero-order valence-electron chi connectivity index (χ0n) is 17.1. The topological polar surface area (TPSA) is 55.8 Å². The molecule has 0 unspecified atom stereocenters. The second-order valence-corrected chi connectivity index (χ2v) is 8.06. The molecule has 5 nitrogen and oxygen atoms in total. The van der Waals surface area contributed by atoms with Crippen LogP contribution < -0.4 is 9.47 Å². The lowest BCUT2D eigenvalue weighted by Gasteiger charge is -2.15. The van der Waals surface area contributed by atoms with Crippen LogP contribution in [0.5, 0.6) is 11.5 Å². The van der Waals surface area contributed by atoms with E-state index in [1.54, 1.807) is 6.08 Å². The van der Waals surface area contributed by atoms with Gasteiger partial charge in [0, 0.05) is 0 Å². The summed E-state index contributed by atoms with van der Waals surface area (Å²) in [6.45, 7) is 8.57. The molecular formula is C23H25NO4S. The predicted molar refractivity (Wildman–Crippen MR) is 116 cm³/mol. The first kappa shape index (κ1) is 21.0. The Kier molecular flexibility index (Phi) is 6.64. The van der Waals surface area contributed by atoms with Crippen molar-refractivity contribution in [1.29, 1.82) is 0 Å². The van der Waals surface area contributed by atoms with Crippen LogP contribution in [0.4, 0.5) is 4.79 Å². The number of thioether (sulfide) groups is 1. The molecule has 0 radical (unpaired) electrons. The van der Waals surface area contributed by atoms with Gasteiger partial charge in [-0.1, -0.05) is 35.9 Å². The van der Waals surface area contributed by atoms with E-state index in [0.29, 0.717) is 23.0 Å². The van der Waals surface area contributed by atoms with Crippen LogP contribution in [0.2, 0.25) is 0 Å². The van der Waals surface area contributed by atoms with E-state index in [1.165, 1.54) is 4.90 Å². The maximum absolute atomic E-state index is 12.8. The van der Waals surface area contributed by atoms with Crippen molar-refractivity contribution in [3.63, 3.8) is 0 Å². The Bertz CT molecular complexity index is 952. The van der Waals surface area contributed by atoms with Gasteiger partial charge in [-0.3, -0.25) is 14.5 Å². The number of carbonyl (C=O) groups is 2. The zero-order chi connectivity index (χ0) is 21.0. The van der Waals surface area contributed by atoms with E-state index in [1.807, 2.05) is 70.2 Å². The molecule has 1 saturated heterocycles. The van der Waals surface area contributed by atoms with Crippen molar-refractivity contribution < 1.29 is 19.1 Å². The highest BCUT2D eigenvalue weighted by Gasteiger charge is 2.35. The van der Waals surface area contributed by atoms with Gasteiger partial charge >= 0.3 is 0 Å². The molecule has 0 saturated carbocycles. The first-order valence-corrected chi connectivity index (χ1v) is 10.4. The number of hydrogen-bond donors (Lipinski definition) is 0. The summed E-state index contributed by atoms with van der Waals surface area (Å²) < 4.78 is 11.5. The van der Waals surface area contributed by atoms with Gasteiger partial charge < -0.3 is 9.47 Å². The average molecular weight is 412 g/mol. The number of ether oxygens (including phenoxy) is 2. The van der Waals surface area contributed by atoms with E-state index in [4.69, 9.17) is 9.47 Å². The Hall–Kier alpha value is -2.73. The summed E-state index contributed by atoms with van der Waals surface area (Å²) in [5.41, 5.74) is 2.81. The van der Waals surface area contributed by atoms with Gasteiger partial charge in [-0.25, -0.2) is 0 Å². The zero-order valence-corrected chi connectivity index (χ0v) is 17.9. The van der Waals surface area contributed by atoms with Gasteiger partial charge in [0.15, 0.2) is 11.5 Å². The summed E-state index contributed by atoms with van der Waals surface area (Å²) >= 11 is 0.961. The number of imide groups is 1. The number of rotatable bonds is 7. The Morgan fingerprint density at radius 1 is 1.10 bits per heavy atom. The van der Waals surface area contributed by atoms with Crippen LogP contribution in [0.25, 0.3) is 6.08 Å². The molecule has 0 atom stereocenters. The van der Waals surface area contributed by atoms with E-state index < -0.39 is 0 Å². The highest BCUT2D eigenvalue weighted by atomic mass is 32.2. The number of hydrogen-bond acceptors (Lipinski definition) is 5. The predicted octanol–water partition coefficient (Wildman–Crippen LogP) is 5.42. The number of carbonyl (C=O) groups excluding carboxylic acids is 2. The average Bonchev–Trinajstić information content (AvgIpc) is 2.91. The highest BCUT2D eigenvalue weighted by molar-refractivity contribution is 8.18. The molecule has 1 heterocycles. The van der Waals surface area contributed by atoms with Crippen LogP contribution in [0.1, 0.15) is 37.5 Å². The van der Waals surface area contributed by atoms with Gasteiger partial charge in [0.05, 0.1) is 24.2 Å². The minimum Gasteiger partial charge on any atom is -0.490 e. The smallest absolute Gasteiger partial charge is 0.293 e. The largest absolute Gasteiger partial charge is 0.490 e. The van der Waals surface area contributed by atoms with E-state index in [2.05, 4.69) is 0 Å². The van der Waals surface area contributed by atoms with E-state index in [-0.39, 0.29) is 23.8 Å². The lowest BCUT2D eigenvalue weighted by Crippen LogP contribution is -2.27. The Morgan fingerprint density at radius 3 is 2.59 bits per heavy atom. The van der Waals surface area contributed by atoms with Crippen LogP contribution in [-0.2, 0) is 11.3 Å². The first-order valence-electron chi connectivity index (χ1n) is 9.61. The van der Waals surface area contributed by atoms with Gasteiger partial charge in [0.25, 0.3) is 11.1 Å². The van der Waals surface area contributed by atoms with Crippen LogP contribution in [-0.4, -0.2) is 28.8 Å². The first-order chi connectivity index (χ1) is 13.9. The lowest BCUT2D eigenvalue weighted by molar-refractivity contribution is -0.123. The fourth-order valence-corrected chi connectivity index (χ4v) is 3.85. The summed E-state index contributed by atoms with van der Waals surface area (Å²) in [6.07, 6.45) is 1.75. The maximum Gasteiger partial charge on any atom is 0.293 e. The van der Waals surface area contributed by atoms with Gasteiger partial charge in [0.1, 0.15) is 0 Å². The molecule has 152 valence electrons. The fourth-order valence-electron chi connectivity index (χ4n) is 3.01. The Morgan fingerprint density at radius 2 is 1.90 bits per heavy atom. The molecule has 0 aliphatic carbocycles. The van der Waals surface area contributed by atoms with Gasteiger partial charge in [-0.05, 0) is 68.8 Å². The van der Waals surface area contributed by atoms with Crippen molar-refractivity contribution in [2.75, 3.05) is 6.61 Å². The van der Waals surface area contributed by atoms with E-state index in [9.17, 15) is 9.59 Å². The minimum atomic E-state index is -0.276. The van der Waals surface area contributed by atoms with Crippen molar-refractivity contribution in [3.05, 3.63) is 64.1 Å². The number of benzene rings is 2. The van der Waals surface area contributed by atoms with Gasteiger partial charge in [-0.15, -0.1) is 0 Å². The fraction of sp³-hybridized carbons (Fsp3) is 0.304. The third-order valence-electron chi connectivity index (χ3n) is 4.22. The second kappa shape index (κ2) is 9.18. The summed E-state index contributed by atoms with van der Waals surface area (Å²) in [5.74, 6) is 1.00. The van der Waals surface area contributed by atoms with Crippen molar-refractivity contribution in [3.8, 4) is 11.5 Å². The molecule has 3 rings (SSSR count). The minimum absolute atomic E-state index is 0.0261. The molecule has 0 spiro atoms. The third kappa shape index (κ3) is 5.21. The molecule has 0 N–H and O–H groups in total. The summed E-state index contributed by atoms with van der Waals surface area (Å²) in [6, 6.07) is 13.3. The third-order valence-corrected chi connectivity index (χ3v) is 5.13. The van der Waals surface area contributed by atoms with Gasteiger partial charge in [-0.2, -0.15) is 0 Å². The van der Waals surface area contributed by atoms with Gasteiger partial charge in [0.2, 0.25) is 0 Å². The molecular weight excluding hydrogens is 386 g/mol. The Labute approximate surface area is 175 Å². The summed E-state index contributed by atoms with van der Waals surface area (Å²) in [5, 5.41) is -0.257. The number of aryl methyl sites for hydroxylation is 1. The van der Waals surface area contributed by atoms with E-state index >= 15 is 0 Å². The molecule has 0 aromatic heterocycles. The molecule has 2 amide bonds. The SMILES string of the molecule is CCOc1cc(/C=C2\SC(=O)N(Cc3cccc(C)c3)C2=O)ccc1OC(C)C. The monoisotopic (exact) mass is 411 g/mol. The molecule has 1 fully saturated rings. The van der Waals surface area contributed by atoms with Crippen LogP contribution in [0.15, 0.2) is 47.4 Å². The normalized spacial score (nSPS) is 15.5. The molecule has 29 heavy (non-hydrogen) atoms. The summed E-state index contributed by atoms with van der Waals surface area (Å²) in [7, 11) is 0. The van der Waals surface area contributed by atoms with Crippen molar-refractivity contribution in [2.45, 2.75) is 40.3 Å². The number of nitrogens with zero attached hydrogens (tertiary/aromatic N) is 1. The highest BCUT2D eigenvalue weighted by Crippen LogP contribution is 2.35. The second-order valence-electron chi connectivity index (χ2n) is 7.06. The molecule has 2 aromatic rings. The molecule has 1 aliphatic heterocycles. The molecule has 2 aromatic carbocycles. The Balaban J connectivity index is 1.82. The quantitative estimate of drug-likeness (QED) is 0.570. The van der Waals surface area contributed by atoms with E-state index in [0.717, 1.165) is 28.5 Å². The van der Waals surface area contributed by atoms with Crippen molar-refractivity contribution in [1.82, 2.24) is 4.90 Å². The standard InChI is InChI=1S/C23H25NO4S/c1-5-27-20-12-17(9-10-19(20)28-15(2)3)13-21-22(25)24(23(26)29-21)14-18-8-6-7-16(4)11-18/h6-13,15H,5,14H2,1-4H3/b21-13-. The number of amides is 2. The van der Waals surface area contributed by atoms with Crippen LogP contribution in [0, 0.1) is 6.92 Å². The van der Waals surface area contributed by atoms with Crippen molar-refractivity contribution >= 4 is 29.0 Å². The summed E-state index contributed by atoms with van der Waals surface area (Å²) in [4.78, 5) is 26.9. The molecule has 6 heteroatoms. The molecule has 1 aliphatic rings. The molecule has 0 bridgehead atoms. The van der Waals surface area contributed by atoms with Crippen LogP contribution >= 0.6 is 11.8 Å². The lowest BCUT2D eigenvalue weighted by atomic mass is 10.1. The maximum atomic E-state index is 12.8. The van der Waals surface area contributed by atoms with Crippen LogP contribution in [0.3, 0.4) is 0 Å². The van der Waals surface area contributed by atoms with Crippen molar-refractivity contribution in [2.24, 2.45) is 0 Å².